The molecule has 3 aromatic heterocycles. The summed E-state index contributed by atoms with van der Waals surface area (Å²) in [7, 11) is 3.03. The lowest BCUT2D eigenvalue weighted by Crippen LogP contribution is -2.20. The van der Waals surface area contributed by atoms with E-state index in [0.717, 1.165) is 0 Å². The Labute approximate surface area is 245 Å². The molecule has 220 valence electrons. The van der Waals surface area contributed by atoms with Crippen LogP contribution in [0.3, 0.4) is 0 Å². The molecule has 11 heteroatoms. The van der Waals surface area contributed by atoms with E-state index < -0.39 is 22.8 Å². The fourth-order valence-electron chi connectivity index (χ4n) is 4.50. The van der Waals surface area contributed by atoms with Crippen molar-refractivity contribution in [2.75, 3.05) is 27.4 Å². The number of Topliss-reactive ketones (excluding diaryl/α,β-unsaturated/α-hetero) is 1. The number of carbonyl (C=O) groups is 1. The minimum absolute atomic E-state index is 0.0843. The van der Waals surface area contributed by atoms with Crippen LogP contribution in [0.1, 0.15) is 21.6 Å². The number of pyridine rings is 3. The van der Waals surface area contributed by atoms with Gasteiger partial charge >= 0.3 is 0 Å². The topological polar surface area (TPSA) is 113 Å². The van der Waals surface area contributed by atoms with Crippen LogP contribution in [0.5, 0.6) is 23.1 Å². The summed E-state index contributed by atoms with van der Waals surface area (Å²) in [4.78, 5) is 38.0. The van der Waals surface area contributed by atoms with E-state index in [1.807, 2.05) is 0 Å². The summed E-state index contributed by atoms with van der Waals surface area (Å²) in [6, 6.07) is 12.7. The molecule has 0 bridgehead atoms. The highest BCUT2D eigenvalue weighted by Gasteiger charge is 2.19. The number of fused-ring (bicyclic) bond motifs is 1. The number of nitrogens with one attached hydrogen (secondary N) is 1. The van der Waals surface area contributed by atoms with Crippen LogP contribution in [-0.4, -0.2) is 48.2 Å². The van der Waals surface area contributed by atoms with Crippen molar-refractivity contribution in [1.82, 2.24) is 15.0 Å². The van der Waals surface area contributed by atoms with Crippen LogP contribution in [0.25, 0.3) is 22.2 Å². The second kappa shape index (κ2) is 12.8. The van der Waals surface area contributed by atoms with E-state index >= 15 is 4.39 Å². The zero-order chi connectivity index (χ0) is 30.5. The Hall–Kier alpha value is -5.16. The molecule has 43 heavy (non-hydrogen) atoms. The fraction of sp³-hybridized carbons (Fsp3) is 0.188. The molecule has 0 spiro atoms. The molecule has 0 atom stereocenters. The third kappa shape index (κ3) is 6.36. The number of carbonyl (C=O) groups excluding carboxylic acids is 1. The number of benzene rings is 2. The normalized spacial score (nSPS) is 11.0. The zero-order valence-electron chi connectivity index (χ0n) is 23.6. The largest absolute Gasteiger partial charge is 0.491 e. The summed E-state index contributed by atoms with van der Waals surface area (Å²) in [5.74, 6) is -0.966. The van der Waals surface area contributed by atoms with Crippen molar-refractivity contribution in [3.63, 3.8) is 0 Å². The summed E-state index contributed by atoms with van der Waals surface area (Å²) in [6.45, 7) is 2.27. The van der Waals surface area contributed by atoms with Crippen LogP contribution in [0.2, 0.25) is 0 Å². The molecule has 3 heterocycles. The molecule has 0 amide bonds. The highest BCUT2D eigenvalue weighted by molar-refractivity contribution is 5.98. The number of nitrogens with zero attached hydrogens (tertiary/aromatic N) is 2. The molecule has 0 unspecified atom stereocenters. The number of aromatic nitrogens is 3. The number of methoxy groups -OCH3 is 2. The molecule has 5 aromatic rings. The average molecular weight is 588 g/mol. The van der Waals surface area contributed by atoms with E-state index in [-0.39, 0.29) is 41.5 Å². The van der Waals surface area contributed by atoms with Gasteiger partial charge < -0.3 is 23.9 Å². The van der Waals surface area contributed by atoms with Gasteiger partial charge in [0.15, 0.2) is 34.3 Å². The molecule has 0 fully saturated rings. The van der Waals surface area contributed by atoms with E-state index in [1.54, 1.807) is 32.2 Å². The molecular formula is C32H27F2N3O6. The fourth-order valence-corrected chi connectivity index (χ4v) is 4.50. The van der Waals surface area contributed by atoms with Crippen molar-refractivity contribution in [3.8, 4) is 34.3 Å². The van der Waals surface area contributed by atoms with Crippen LogP contribution in [0.15, 0.2) is 71.8 Å². The number of hydrogen-bond donors (Lipinski definition) is 1. The van der Waals surface area contributed by atoms with Crippen LogP contribution < -0.4 is 19.6 Å². The Morgan fingerprint density at radius 2 is 1.74 bits per heavy atom. The molecule has 2 aromatic carbocycles. The minimum atomic E-state index is -0.717. The highest BCUT2D eigenvalue weighted by Crippen LogP contribution is 2.35. The van der Waals surface area contributed by atoms with Crippen molar-refractivity contribution >= 4 is 16.8 Å². The van der Waals surface area contributed by atoms with Gasteiger partial charge in [0.25, 0.3) is 5.88 Å². The Morgan fingerprint density at radius 1 is 0.953 bits per heavy atom. The van der Waals surface area contributed by atoms with Crippen LogP contribution in [-0.2, 0) is 11.2 Å². The van der Waals surface area contributed by atoms with Crippen molar-refractivity contribution < 1.29 is 32.5 Å². The van der Waals surface area contributed by atoms with Crippen molar-refractivity contribution in [2.45, 2.75) is 13.3 Å². The van der Waals surface area contributed by atoms with Crippen molar-refractivity contribution in [3.05, 3.63) is 106 Å². The third-order valence-corrected chi connectivity index (χ3v) is 6.65. The molecule has 0 aliphatic heterocycles. The number of aromatic amines is 1. The summed E-state index contributed by atoms with van der Waals surface area (Å²) >= 11 is 0. The first kappa shape index (κ1) is 29.3. The molecule has 0 aliphatic carbocycles. The summed E-state index contributed by atoms with van der Waals surface area (Å²) in [6.07, 6.45) is 2.60. The quantitative estimate of drug-likeness (QED) is 0.152. The minimum Gasteiger partial charge on any atom is -0.491 e. The Balaban J connectivity index is 1.38. The average Bonchev–Trinajstić information content (AvgIpc) is 2.99. The maximum atomic E-state index is 15.2. The van der Waals surface area contributed by atoms with Gasteiger partial charge in [-0.1, -0.05) is 18.2 Å². The van der Waals surface area contributed by atoms with Gasteiger partial charge in [-0.3, -0.25) is 14.6 Å². The molecule has 0 saturated heterocycles. The molecule has 0 aliphatic rings. The Kier molecular flexibility index (Phi) is 8.72. The predicted octanol–water partition coefficient (Wildman–Crippen LogP) is 5.82. The van der Waals surface area contributed by atoms with E-state index in [2.05, 4.69) is 15.0 Å². The number of ether oxygens (including phenoxy) is 4. The zero-order valence-corrected chi connectivity index (χ0v) is 23.6. The number of ketones is 1. The summed E-state index contributed by atoms with van der Waals surface area (Å²) in [5, 5.41) is 0. The number of aryl methyl sites for hydroxylation is 1. The van der Waals surface area contributed by atoms with Gasteiger partial charge in [0.05, 0.1) is 24.8 Å². The first-order valence-corrected chi connectivity index (χ1v) is 13.2. The maximum Gasteiger partial charge on any atom is 0.257 e. The SMILES string of the molecule is COCCOc1nc2c(Oc3ccc(CC(=O)c4c[nH]c(C)c(-c5ccc(F)cc5)c4=O)cc3F)ccnc2cc1OC. The second-order valence-corrected chi connectivity index (χ2v) is 9.52. The molecule has 0 radical (unpaired) electrons. The van der Waals surface area contributed by atoms with Crippen molar-refractivity contribution in [1.29, 1.82) is 0 Å². The van der Waals surface area contributed by atoms with Crippen LogP contribution >= 0.6 is 0 Å². The standard InChI is InChI=1S/C32H27F2N3O6/c1-18-29(20-5-7-21(33)8-6-20)31(39)22(17-36-18)25(38)15-19-4-9-26(23(34)14-19)43-27-10-11-35-24-16-28(41-3)32(37-30(24)27)42-13-12-40-2/h4-11,14,16-17H,12-13,15H2,1-3H3,(H,36,39). The van der Waals surface area contributed by atoms with Gasteiger partial charge in [0, 0.05) is 49.3 Å². The molecule has 0 saturated carbocycles. The van der Waals surface area contributed by atoms with Crippen LogP contribution in [0.4, 0.5) is 8.78 Å². The van der Waals surface area contributed by atoms with E-state index in [0.29, 0.717) is 40.2 Å². The number of rotatable bonds is 11. The van der Waals surface area contributed by atoms with Gasteiger partial charge in [0.1, 0.15) is 17.9 Å². The lowest BCUT2D eigenvalue weighted by molar-refractivity contribution is 0.0991. The lowest BCUT2D eigenvalue weighted by Gasteiger charge is -2.13. The van der Waals surface area contributed by atoms with Gasteiger partial charge in [0.2, 0.25) is 0 Å². The maximum absolute atomic E-state index is 15.2. The second-order valence-electron chi connectivity index (χ2n) is 9.52. The predicted molar refractivity (Wildman–Crippen MR) is 155 cm³/mol. The smallest absolute Gasteiger partial charge is 0.257 e. The van der Waals surface area contributed by atoms with Gasteiger partial charge in [-0.25, -0.2) is 13.8 Å². The molecule has 1 N–H and O–H groups in total. The lowest BCUT2D eigenvalue weighted by atomic mass is 9.98. The van der Waals surface area contributed by atoms with E-state index in [1.165, 1.54) is 55.9 Å². The monoisotopic (exact) mass is 587 g/mol. The van der Waals surface area contributed by atoms with Crippen molar-refractivity contribution in [2.24, 2.45) is 0 Å². The number of H-pyrrole nitrogens is 1. The summed E-state index contributed by atoms with van der Waals surface area (Å²) < 4.78 is 50.5. The number of halogens is 2. The number of hydrogen-bond acceptors (Lipinski definition) is 8. The first-order valence-electron chi connectivity index (χ1n) is 13.2. The molecule has 5 rings (SSSR count). The first-order chi connectivity index (χ1) is 20.8. The van der Waals surface area contributed by atoms with Crippen LogP contribution in [0, 0.1) is 18.6 Å². The van der Waals surface area contributed by atoms with E-state index in [9.17, 15) is 14.0 Å². The van der Waals surface area contributed by atoms with Gasteiger partial charge in [-0.05, 0) is 42.3 Å². The Bertz CT molecular complexity index is 1860. The molecular weight excluding hydrogens is 560 g/mol. The van der Waals surface area contributed by atoms with Gasteiger partial charge in [-0.2, -0.15) is 0 Å². The Morgan fingerprint density at radius 3 is 2.47 bits per heavy atom. The molecule has 9 nitrogen and oxygen atoms in total. The highest BCUT2D eigenvalue weighted by atomic mass is 19.1. The van der Waals surface area contributed by atoms with Gasteiger partial charge in [-0.15, -0.1) is 0 Å². The summed E-state index contributed by atoms with van der Waals surface area (Å²) in [5.41, 5.74) is 1.81. The van der Waals surface area contributed by atoms with E-state index in [4.69, 9.17) is 18.9 Å². The third-order valence-electron chi connectivity index (χ3n) is 6.65.